The van der Waals surface area contributed by atoms with E-state index >= 15 is 0 Å². The number of hydroxylamine groups is 1. The summed E-state index contributed by atoms with van der Waals surface area (Å²) in [5.74, 6) is 0.190. The molecule has 16 nitrogen and oxygen atoms in total. The summed E-state index contributed by atoms with van der Waals surface area (Å²) in [7, 11) is 0. The van der Waals surface area contributed by atoms with Crippen LogP contribution in [0.2, 0.25) is 0 Å². The number of benzene rings is 3. The Morgan fingerprint density at radius 1 is 0.514 bits per heavy atom. The van der Waals surface area contributed by atoms with Crippen molar-refractivity contribution in [3.63, 3.8) is 0 Å². The van der Waals surface area contributed by atoms with E-state index < -0.39 is 29.1 Å². The quantitative estimate of drug-likeness (QED) is 0.0390. The fourth-order valence-electron chi connectivity index (χ4n) is 6.03. The molecule has 0 amide bonds. The highest BCUT2D eigenvalue weighted by Gasteiger charge is 2.29. The van der Waals surface area contributed by atoms with E-state index in [1.165, 1.54) is 47.9 Å². The minimum Gasteiger partial charge on any atom is -0.494 e. The van der Waals surface area contributed by atoms with Crippen LogP contribution >= 0.6 is 34.0 Å². The van der Waals surface area contributed by atoms with Crippen molar-refractivity contribution in [2.75, 3.05) is 31.5 Å². The summed E-state index contributed by atoms with van der Waals surface area (Å²) in [6.07, 6.45) is 0. The van der Waals surface area contributed by atoms with Crippen molar-refractivity contribution in [1.29, 1.82) is 0 Å². The van der Waals surface area contributed by atoms with E-state index in [0.717, 1.165) is 39.0 Å². The number of hydrogen-bond acceptors (Lipinski definition) is 19. The number of carbonyl (C=O) groups excluding carboxylic acids is 5. The maximum atomic E-state index is 12.6. The Morgan fingerprint density at radius 2 is 0.833 bits per heavy atom. The maximum absolute atomic E-state index is 12.6. The second-order valence-corrected chi connectivity index (χ2v) is 20.7. The molecular weight excluding hydrogens is 981 g/mol. The van der Waals surface area contributed by atoms with Gasteiger partial charge in [-0.25, -0.2) is 34.4 Å². The Balaban J connectivity index is 0.000000235. The molecule has 386 valence electrons. The van der Waals surface area contributed by atoms with E-state index in [2.05, 4.69) is 15.0 Å². The number of anilines is 1. The molecule has 0 fully saturated rings. The minimum absolute atomic E-state index is 0.0753. The molecule has 0 spiro atoms. The van der Waals surface area contributed by atoms with E-state index in [-0.39, 0.29) is 41.3 Å². The summed E-state index contributed by atoms with van der Waals surface area (Å²) in [6, 6.07) is 22.0. The molecule has 19 heteroatoms. The molecule has 0 radical (unpaired) electrons. The second kappa shape index (κ2) is 26.2. The lowest BCUT2D eigenvalue weighted by Gasteiger charge is -2.22. The van der Waals surface area contributed by atoms with Gasteiger partial charge >= 0.3 is 17.9 Å². The minimum atomic E-state index is -0.645. The van der Waals surface area contributed by atoms with Gasteiger partial charge in [-0.15, -0.1) is 22.7 Å². The van der Waals surface area contributed by atoms with Crippen LogP contribution in [0.15, 0.2) is 72.8 Å². The molecule has 0 saturated heterocycles. The molecule has 6 rings (SSSR count). The van der Waals surface area contributed by atoms with Crippen molar-refractivity contribution in [2.45, 2.75) is 114 Å². The van der Waals surface area contributed by atoms with Gasteiger partial charge in [0.1, 0.15) is 53.2 Å². The highest BCUT2D eigenvalue weighted by molar-refractivity contribution is 7.19. The molecule has 3 heterocycles. The Bertz CT molecular complexity index is 2770. The van der Waals surface area contributed by atoms with Gasteiger partial charge in [-0.1, -0.05) is 11.3 Å². The second-order valence-electron chi connectivity index (χ2n) is 17.7. The number of nitrogens with zero attached hydrogens (tertiary/aromatic N) is 4. The highest BCUT2D eigenvalue weighted by atomic mass is 32.1. The number of ketones is 2. The summed E-state index contributed by atoms with van der Waals surface area (Å²) in [6.45, 7) is 26.7. The van der Waals surface area contributed by atoms with Crippen LogP contribution in [0.1, 0.15) is 148 Å². The smallest absolute Gasteiger partial charge is 0.360 e. The number of carbonyl (C=O) groups is 5. The number of hydrogen-bond donors (Lipinski definition) is 1. The summed E-state index contributed by atoms with van der Waals surface area (Å²) < 4.78 is 32.0. The van der Waals surface area contributed by atoms with Gasteiger partial charge < -0.3 is 28.4 Å². The lowest BCUT2D eigenvalue weighted by molar-refractivity contribution is 0.00506. The van der Waals surface area contributed by atoms with Crippen LogP contribution in [0.25, 0.3) is 31.7 Å². The lowest BCUT2D eigenvalue weighted by atomic mass is 10.2. The molecule has 0 saturated carbocycles. The normalized spacial score (nSPS) is 11.1. The fraction of sp³-hybridized carbons (Fsp3) is 0.396. The summed E-state index contributed by atoms with van der Waals surface area (Å²) in [5, 5.41) is 13.6. The number of aromatic nitrogens is 3. The molecule has 3 aromatic carbocycles. The van der Waals surface area contributed by atoms with Gasteiger partial charge in [-0.2, -0.15) is 0 Å². The molecule has 0 unspecified atom stereocenters. The van der Waals surface area contributed by atoms with Gasteiger partial charge in [0.15, 0.2) is 33.6 Å². The van der Waals surface area contributed by atoms with E-state index in [0.29, 0.717) is 49.6 Å². The van der Waals surface area contributed by atoms with Gasteiger partial charge in [0, 0.05) is 30.5 Å². The first-order valence-electron chi connectivity index (χ1n) is 23.3. The third-order valence-electron chi connectivity index (χ3n) is 9.09. The summed E-state index contributed by atoms with van der Waals surface area (Å²) in [4.78, 5) is 74.0. The van der Waals surface area contributed by atoms with E-state index in [4.69, 9.17) is 28.4 Å². The lowest BCUT2D eigenvalue weighted by Crippen LogP contribution is -2.29. The van der Waals surface area contributed by atoms with Crippen LogP contribution in [0.4, 0.5) is 5.00 Å². The third kappa shape index (κ3) is 16.8. The van der Waals surface area contributed by atoms with Crippen LogP contribution in [0.3, 0.4) is 0 Å². The van der Waals surface area contributed by atoms with Crippen molar-refractivity contribution in [3.8, 4) is 49.0 Å². The average Bonchev–Trinajstić information content (AvgIpc) is 4.08. The van der Waals surface area contributed by atoms with Crippen molar-refractivity contribution < 1.29 is 57.6 Å². The number of ether oxygens (including phenoxy) is 6. The molecule has 6 aromatic rings. The predicted molar refractivity (Wildman–Crippen MR) is 282 cm³/mol. The Hall–Kier alpha value is -6.54. The monoisotopic (exact) mass is 1040 g/mol. The van der Waals surface area contributed by atoms with Crippen LogP contribution in [-0.2, 0) is 14.2 Å². The molecule has 1 N–H and O–H groups in total. The van der Waals surface area contributed by atoms with E-state index in [1.807, 2.05) is 107 Å². The SMILES string of the molecule is CCOC(=O)c1nc(-c2ccc(OCC)cc2)sc1C(C)=O.CCOc1ccc(-c2nc(C(=O)OC(C)(C)C)c(C(C)=O)s2)cc1.CCOc1ccc(-c2nc(C(=O)OC(C)(C)C)c(N(O)C(C)C)s2)cc1. The van der Waals surface area contributed by atoms with Crippen molar-refractivity contribution in [3.05, 3.63) is 99.6 Å². The molecule has 72 heavy (non-hydrogen) atoms. The van der Waals surface area contributed by atoms with Gasteiger partial charge in [0.25, 0.3) is 0 Å². The first kappa shape index (κ1) is 58.0. The van der Waals surface area contributed by atoms with Crippen molar-refractivity contribution in [1.82, 2.24) is 15.0 Å². The molecule has 0 aliphatic heterocycles. The van der Waals surface area contributed by atoms with E-state index in [9.17, 15) is 29.2 Å². The molecule has 0 atom stereocenters. The van der Waals surface area contributed by atoms with Gasteiger partial charge in [-0.05, 0) is 156 Å². The van der Waals surface area contributed by atoms with Crippen LogP contribution in [-0.4, -0.2) is 93.3 Å². The topological polar surface area (TPSA) is 203 Å². The average molecular weight is 1050 g/mol. The van der Waals surface area contributed by atoms with Crippen LogP contribution in [0.5, 0.6) is 17.2 Å². The highest BCUT2D eigenvalue weighted by Crippen LogP contribution is 2.37. The zero-order valence-corrected chi connectivity index (χ0v) is 45.7. The summed E-state index contributed by atoms with van der Waals surface area (Å²) >= 11 is 3.63. The Kier molecular flexibility index (Phi) is 21.2. The third-order valence-corrected chi connectivity index (χ3v) is 12.6. The number of thiazole rings is 3. The van der Waals surface area contributed by atoms with Crippen molar-refractivity contribution in [2.24, 2.45) is 0 Å². The van der Waals surface area contributed by atoms with Crippen LogP contribution in [0, 0.1) is 0 Å². The summed E-state index contributed by atoms with van der Waals surface area (Å²) in [5.41, 5.74) is 1.47. The van der Waals surface area contributed by atoms with E-state index in [1.54, 1.807) is 48.5 Å². The first-order chi connectivity index (χ1) is 33.9. The first-order valence-corrected chi connectivity index (χ1v) is 25.7. The zero-order chi connectivity index (χ0) is 53.5. The number of Topliss-reactive ketones (excluding diaryl/α,β-unsaturated/α-hetero) is 2. The standard InChI is InChI=1S/C19H26N2O4S.C18H21NO4S.C16H17NO4S/c1-7-24-14-10-8-13(9-11-14)16-20-15(18(22)25-19(4,5)6)17(26-16)21(23)12(2)3;1-6-22-13-9-7-12(8-10-13)16-19-14(15(24-16)11(2)20)17(21)23-18(3,4)5;1-4-20-12-8-6-11(7-9-12)15-17-13(16(19)21-5-2)14(22-15)10(3)18/h8-12,23H,7H2,1-6H3;7-10H,6H2,1-5H3;6-9H,4-5H2,1-3H3. The Labute approximate surface area is 433 Å². The molecule has 3 aromatic heterocycles. The van der Waals surface area contributed by atoms with Crippen LogP contribution < -0.4 is 19.3 Å². The maximum Gasteiger partial charge on any atom is 0.360 e. The van der Waals surface area contributed by atoms with Gasteiger partial charge in [0.05, 0.1) is 32.5 Å². The largest absolute Gasteiger partial charge is 0.494 e. The van der Waals surface area contributed by atoms with Gasteiger partial charge in [-0.3, -0.25) is 14.8 Å². The predicted octanol–water partition coefficient (Wildman–Crippen LogP) is 12.7. The molecule has 0 aliphatic carbocycles. The van der Waals surface area contributed by atoms with Crippen molar-refractivity contribution >= 4 is 68.5 Å². The number of esters is 3. The molecular formula is C53H64N4O12S3. The number of rotatable bonds is 17. The molecule has 0 bridgehead atoms. The molecule has 0 aliphatic rings. The van der Waals surface area contributed by atoms with Gasteiger partial charge in [0.2, 0.25) is 0 Å². The zero-order valence-electron chi connectivity index (χ0n) is 43.3. The Morgan fingerprint density at radius 3 is 1.14 bits per heavy atom. The fourth-order valence-corrected chi connectivity index (χ4v) is 9.04.